The highest BCUT2D eigenvalue weighted by atomic mass is 16.5. The molecule has 2 aromatic rings. The lowest BCUT2D eigenvalue weighted by Crippen LogP contribution is -2.34. The molecule has 146 valence electrons. The smallest absolute Gasteiger partial charge is 0.304 e. The van der Waals surface area contributed by atoms with E-state index in [0.29, 0.717) is 23.6 Å². The highest BCUT2D eigenvalue weighted by molar-refractivity contribution is 5.95. The Hall–Kier alpha value is -3.49. The van der Waals surface area contributed by atoms with Gasteiger partial charge in [-0.25, -0.2) is 0 Å². The molecule has 1 saturated heterocycles. The molecule has 1 fully saturated rings. The number of aromatic nitrogens is 2. The molecule has 2 atom stereocenters. The number of aliphatic carboxylic acids is 1. The second-order valence-corrected chi connectivity index (χ2v) is 6.69. The second-order valence-electron chi connectivity index (χ2n) is 6.69. The number of amidine groups is 1. The average molecular weight is 383 g/mol. The van der Waals surface area contributed by atoms with Gasteiger partial charge in [-0.2, -0.15) is 0 Å². The molecule has 0 radical (unpaired) electrons. The van der Waals surface area contributed by atoms with Gasteiger partial charge in [0.25, 0.3) is 0 Å². The van der Waals surface area contributed by atoms with Crippen LogP contribution in [0.25, 0.3) is 11.3 Å². The lowest BCUT2D eigenvalue weighted by Gasteiger charge is -2.19. The van der Waals surface area contributed by atoms with E-state index in [1.54, 1.807) is 31.3 Å². The van der Waals surface area contributed by atoms with Crippen LogP contribution in [-0.4, -0.2) is 57.6 Å². The maximum atomic E-state index is 12.1. The number of carboxylic acid groups (broad SMARTS) is 1. The van der Waals surface area contributed by atoms with Gasteiger partial charge in [0.05, 0.1) is 24.1 Å². The van der Waals surface area contributed by atoms with Crippen LogP contribution >= 0.6 is 0 Å². The summed E-state index contributed by atoms with van der Waals surface area (Å²) in [5.74, 6) is -1.34. The molecule has 1 aliphatic heterocycles. The quantitative estimate of drug-likeness (QED) is 0.480. The number of carbonyl (C=O) groups excluding carboxylic acids is 1. The van der Waals surface area contributed by atoms with Gasteiger partial charge in [0.2, 0.25) is 11.8 Å². The number of likely N-dealkylation sites (N-methyl/N-ethyl adjacent to an activating group) is 1. The minimum atomic E-state index is -0.980. The van der Waals surface area contributed by atoms with Gasteiger partial charge < -0.3 is 20.5 Å². The van der Waals surface area contributed by atoms with E-state index in [-0.39, 0.29) is 30.8 Å². The van der Waals surface area contributed by atoms with Crippen LogP contribution in [0.5, 0.6) is 5.88 Å². The summed E-state index contributed by atoms with van der Waals surface area (Å²) in [5.41, 5.74) is 7.56. The molecule has 0 aliphatic carbocycles. The number of nitrogens with one attached hydrogen (secondary N) is 1. The number of hydrogen-bond acceptors (Lipinski definition) is 6. The van der Waals surface area contributed by atoms with E-state index in [4.69, 9.17) is 21.0 Å². The Bertz CT molecular complexity index is 882. The van der Waals surface area contributed by atoms with Crippen LogP contribution in [0.1, 0.15) is 18.4 Å². The molecule has 0 spiro atoms. The van der Waals surface area contributed by atoms with E-state index in [1.807, 2.05) is 12.1 Å². The van der Waals surface area contributed by atoms with Crippen LogP contribution in [0.3, 0.4) is 0 Å². The SMILES string of the molecule is CN1C(=O)[C@H](CC(=O)O)C[C@H]1COc1ccc(-c2ccc(C(=N)N)cc2)nn1. The van der Waals surface area contributed by atoms with Gasteiger partial charge in [-0.3, -0.25) is 15.0 Å². The van der Waals surface area contributed by atoms with Crippen molar-refractivity contribution < 1.29 is 19.4 Å². The van der Waals surface area contributed by atoms with Gasteiger partial charge in [-0.1, -0.05) is 24.3 Å². The predicted molar refractivity (Wildman–Crippen MR) is 101 cm³/mol. The van der Waals surface area contributed by atoms with Crippen molar-refractivity contribution in [2.24, 2.45) is 11.7 Å². The molecule has 3 rings (SSSR count). The molecular formula is C19H21N5O4. The lowest BCUT2D eigenvalue weighted by molar-refractivity contribution is -0.141. The van der Waals surface area contributed by atoms with Crippen LogP contribution < -0.4 is 10.5 Å². The molecule has 0 unspecified atom stereocenters. The molecular weight excluding hydrogens is 362 g/mol. The Morgan fingerprint density at radius 2 is 2.00 bits per heavy atom. The van der Waals surface area contributed by atoms with Crippen molar-refractivity contribution in [1.82, 2.24) is 15.1 Å². The third-order valence-electron chi connectivity index (χ3n) is 4.78. The number of nitrogen functional groups attached to an aromatic ring is 1. The Morgan fingerprint density at radius 1 is 1.29 bits per heavy atom. The fourth-order valence-electron chi connectivity index (χ4n) is 3.17. The Labute approximate surface area is 161 Å². The summed E-state index contributed by atoms with van der Waals surface area (Å²) in [5, 5.41) is 24.5. The summed E-state index contributed by atoms with van der Waals surface area (Å²) in [4.78, 5) is 24.5. The predicted octanol–water partition coefficient (Wildman–Crippen LogP) is 1.13. The number of benzene rings is 1. The summed E-state index contributed by atoms with van der Waals surface area (Å²) in [6.45, 7) is 0.222. The van der Waals surface area contributed by atoms with Crippen LogP contribution in [0.4, 0.5) is 0 Å². The molecule has 0 bridgehead atoms. The third-order valence-corrected chi connectivity index (χ3v) is 4.78. The number of carboxylic acids is 1. The van der Waals surface area contributed by atoms with Crippen LogP contribution in [-0.2, 0) is 9.59 Å². The highest BCUT2D eigenvalue weighted by Gasteiger charge is 2.38. The highest BCUT2D eigenvalue weighted by Crippen LogP contribution is 2.26. The van der Waals surface area contributed by atoms with Crippen molar-refractivity contribution in [1.29, 1.82) is 5.41 Å². The largest absolute Gasteiger partial charge is 0.481 e. The molecule has 1 aromatic carbocycles. The number of rotatable bonds is 7. The van der Waals surface area contributed by atoms with Crippen molar-refractivity contribution in [2.45, 2.75) is 18.9 Å². The zero-order valence-electron chi connectivity index (χ0n) is 15.3. The molecule has 4 N–H and O–H groups in total. The van der Waals surface area contributed by atoms with Crippen molar-refractivity contribution in [2.75, 3.05) is 13.7 Å². The van der Waals surface area contributed by atoms with Gasteiger partial charge in [0, 0.05) is 24.2 Å². The minimum Gasteiger partial charge on any atom is -0.481 e. The Kier molecular flexibility index (Phi) is 5.53. The van der Waals surface area contributed by atoms with Crippen LogP contribution in [0, 0.1) is 11.3 Å². The minimum absolute atomic E-state index is 0.00217. The van der Waals surface area contributed by atoms with Gasteiger partial charge in [0.1, 0.15) is 12.4 Å². The Balaban J connectivity index is 1.59. The topological polar surface area (TPSA) is 142 Å². The maximum Gasteiger partial charge on any atom is 0.304 e. The first-order valence-corrected chi connectivity index (χ1v) is 8.75. The average Bonchev–Trinajstić information content (AvgIpc) is 2.94. The normalized spacial score (nSPS) is 18.9. The summed E-state index contributed by atoms with van der Waals surface area (Å²) < 4.78 is 5.64. The number of hydrogen-bond donors (Lipinski definition) is 3. The standard InChI is InChI=1S/C19H21N5O4/c1-24-14(8-13(19(24)27)9-17(25)26)10-28-16-7-6-15(22-23-16)11-2-4-12(5-3-11)18(20)21/h2-7,13-14H,8-10H2,1H3,(H3,20,21)(H,25,26)/t13-,14-/m0/s1. The number of likely N-dealkylation sites (tertiary alicyclic amines) is 1. The van der Waals surface area contributed by atoms with Crippen LogP contribution in [0.15, 0.2) is 36.4 Å². The van der Waals surface area contributed by atoms with Crippen molar-refractivity contribution in [3.05, 3.63) is 42.0 Å². The fraction of sp³-hybridized carbons (Fsp3) is 0.316. The molecule has 9 nitrogen and oxygen atoms in total. The maximum absolute atomic E-state index is 12.1. The molecule has 1 aliphatic rings. The van der Waals surface area contributed by atoms with Gasteiger partial charge >= 0.3 is 5.97 Å². The monoisotopic (exact) mass is 383 g/mol. The van der Waals surface area contributed by atoms with E-state index in [2.05, 4.69) is 10.2 Å². The van der Waals surface area contributed by atoms with Gasteiger partial charge in [0.15, 0.2) is 0 Å². The summed E-state index contributed by atoms with van der Waals surface area (Å²) >= 11 is 0. The fourth-order valence-corrected chi connectivity index (χ4v) is 3.17. The molecule has 1 amide bonds. The molecule has 2 heterocycles. The van der Waals surface area contributed by atoms with Gasteiger partial charge in [-0.05, 0) is 12.5 Å². The van der Waals surface area contributed by atoms with Crippen molar-refractivity contribution in [3.8, 4) is 17.1 Å². The first-order chi connectivity index (χ1) is 13.3. The zero-order valence-corrected chi connectivity index (χ0v) is 15.3. The number of carbonyl (C=O) groups is 2. The number of amides is 1. The molecule has 9 heteroatoms. The van der Waals surface area contributed by atoms with Crippen molar-refractivity contribution >= 4 is 17.7 Å². The zero-order chi connectivity index (χ0) is 20.3. The van der Waals surface area contributed by atoms with E-state index in [9.17, 15) is 9.59 Å². The molecule has 0 saturated carbocycles. The first kappa shape index (κ1) is 19.3. The summed E-state index contributed by atoms with van der Waals surface area (Å²) in [6, 6.07) is 10.4. The van der Waals surface area contributed by atoms with Crippen molar-refractivity contribution in [3.63, 3.8) is 0 Å². The van der Waals surface area contributed by atoms with Crippen LogP contribution in [0.2, 0.25) is 0 Å². The molecule has 1 aromatic heterocycles. The van der Waals surface area contributed by atoms with E-state index < -0.39 is 11.9 Å². The summed E-state index contributed by atoms with van der Waals surface area (Å²) in [7, 11) is 1.65. The first-order valence-electron chi connectivity index (χ1n) is 8.75. The number of nitrogens with two attached hydrogens (primary N) is 1. The lowest BCUT2D eigenvalue weighted by atomic mass is 10.0. The summed E-state index contributed by atoms with van der Waals surface area (Å²) in [6.07, 6.45) is 0.270. The van der Waals surface area contributed by atoms with E-state index in [0.717, 1.165) is 5.56 Å². The number of ether oxygens (including phenoxy) is 1. The van der Waals surface area contributed by atoms with Gasteiger partial charge in [-0.15, -0.1) is 10.2 Å². The second kappa shape index (κ2) is 8.03. The Morgan fingerprint density at radius 3 is 2.57 bits per heavy atom. The van der Waals surface area contributed by atoms with E-state index >= 15 is 0 Å². The third kappa shape index (κ3) is 4.25. The van der Waals surface area contributed by atoms with E-state index in [1.165, 1.54) is 4.90 Å². The molecule has 28 heavy (non-hydrogen) atoms. The number of nitrogens with zero attached hydrogens (tertiary/aromatic N) is 3.